The Labute approximate surface area is 106 Å². The largest absolute Gasteiger partial charge is 0.314 e. The predicted molar refractivity (Wildman–Crippen MR) is 75.4 cm³/mol. The molecule has 1 N–H and O–H groups in total. The third-order valence-electron chi connectivity index (χ3n) is 2.91. The molecule has 0 saturated heterocycles. The molecule has 17 heavy (non-hydrogen) atoms. The Morgan fingerprint density at radius 2 is 1.82 bits per heavy atom. The van der Waals surface area contributed by atoms with Crippen LogP contribution in [0.4, 0.5) is 0 Å². The second kappa shape index (κ2) is 8.26. The van der Waals surface area contributed by atoms with Crippen LogP contribution in [0.2, 0.25) is 0 Å². The van der Waals surface area contributed by atoms with E-state index in [9.17, 15) is 0 Å². The molecule has 1 unspecified atom stereocenters. The van der Waals surface area contributed by atoms with Gasteiger partial charge in [0, 0.05) is 6.04 Å². The molecule has 1 aromatic carbocycles. The average molecular weight is 234 g/mol. The molecule has 0 spiro atoms. The zero-order chi connectivity index (χ0) is 12.5. The molecule has 1 atom stereocenters. The van der Waals surface area contributed by atoms with E-state index in [4.69, 9.17) is 0 Å². The van der Waals surface area contributed by atoms with Gasteiger partial charge in [-0.05, 0) is 58.9 Å². The lowest BCUT2D eigenvalue weighted by Gasteiger charge is -2.14. The number of benzene rings is 1. The average Bonchev–Trinajstić information content (AvgIpc) is 2.29. The van der Waals surface area contributed by atoms with Gasteiger partial charge in [-0.2, -0.15) is 0 Å². The number of rotatable bonds is 8. The first-order valence-electron chi connectivity index (χ1n) is 6.60. The van der Waals surface area contributed by atoms with E-state index in [1.54, 1.807) is 0 Å². The monoisotopic (exact) mass is 234 g/mol. The van der Waals surface area contributed by atoms with Gasteiger partial charge in [0.25, 0.3) is 0 Å². The molecule has 0 aliphatic heterocycles. The molecule has 0 aliphatic rings. The maximum absolute atomic E-state index is 3.59. The second-order valence-electron chi connectivity index (χ2n) is 5.06. The highest BCUT2D eigenvalue weighted by atomic mass is 15.0. The van der Waals surface area contributed by atoms with E-state index in [2.05, 4.69) is 61.6 Å². The van der Waals surface area contributed by atoms with Crippen molar-refractivity contribution in [2.75, 3.05) is 27.2 Å². The predicted octanol–water partition coefficient (Wildman–Crippen LogP) is 2.55. The van der Waals surface area contributed by atoms with Crippen LogP contribution < -0.4 is 5.32 Å². The molecule has 0 aromatic heterocycles. The van der Waals surface area contributed by atoms with Crippen molar-refractivity contribution in [3.05, 3.63) is 35.9 Å². The van der Waals surface area contributed by atoms with Gasteiger partial charge in [-0.1, -0.05) is 30.3 Å². The van der Waals surface area contributed by atoms with Gasteiger partial charge in [0.2, 0.25) is 0 Å². The van der Waals surface area contributed by atoms with Crippen LogP contribution in [0.15, 0.2) is 30.3 Å². The first-order valence-corrected chi connectivity index (χ1v) is 6.60. The van der Waals surface area contributed by atoms with Gasteiger partial charge in [0.1, 0.15) is 0 Å². The molecule has 0 saturated carbocycles. The normalized spacial score (nSPS) is 12.9. The number of hydrogen-bond acceptors (Lipinski definition) is 2. The van der Waals surface area contributed by atoms with Crippen molar-refractivity contribution >= 4 is 0 Å². The summed E-state index contributed by atoms with van der Waals surface area (Å²) in [6.07, 6.45) is 3.66. The molecular weight excluding hydrogens is 208 g/mol. The van der Waals surface area contributed by atoms with Crippen LogP contribution in [0, 0.1) is 0 Å². The molecule has 0 bridgehead atoms. The van der Waals surface area contributed by atoms with Gasteiger partial charge in [0.15, 0.2) is 0 Å². The molecule has 2 heteroatoms. The second-order valence-corrected chi connectivity index (χ2v) is 5.06. The van der Waals surface area contributed by atoms with Crippen LogP contribution in [-0.4, -0.2) is 38.1 Å². The summed E-state index contributed by atoms with van der Waals surface area (Å²) < 4.78 is 0. The van der Waals surface area contributed by atoms with E-state index in [1.807, 2.05) is 0 Å². The third-order valence-corrected chi connectivity index (χ3v) is 2.91. The van der Waals surface area contributed by atoms with Gasteiger partial charge in [-0.15, -0.1) is 0 Å². The molecule has 1 rings (SSSR count). The highest BCUT2D eigenvalue weighted by Crippen LogP contribution is 2.02. The minimum absolute atomic E-state index is 0.566. The van der Waals surface area contributed by atoms with Crippen molar-refractivity contribution in [3.63, 3.8) is 0 Å². The van der Waals surface area contributed by atoms with Gasteiger partial charge in [-0.3, -0.25) is 0 Å². The van der Waals surface area contributed by atoms with Crippen LogP contribution in [0.25, 0.3) is 0 Å². The molecule has 2 nitrogen and oxygen atoms in total. The molecule has 0 radical (unpaired) electrons. The highest BCUT2D eigenvalue weighted by molar-refractivity contribution is 5.15. The fraction of sp³-hybridized carbons (Fsp3) is 0.600. The minimum atomic E-state index is 0.566. The molecule has 1 aromatic rings. The van der Waals surface area contributed by atoms with Gasteiger partial charge < -0.3 is 10.2 Å². The quantitative estimate of drug-likeness (QED) is 0.695. The van der Waals surface area contributed by atoms with Crippen molar-refractivity contribution in [2.24, 2.45) is 0 Å². The summed E-state index contributed by atoms with van der Waals surface area (Å²) in [5.41, 5.74) is 1.42. The smallest absolute Gasteiger partial charge is 0.00791 e. The fourth-order valence-corrected chi connectivity index (χ4v) is 1.94. The third kappa shape index (κ3) is 7.14. The lowest BCUT2D eigenvalue weighted by atomic mass is 10.1. The summed E-state index contributed by atoms with van der Waals surface area (Å²) in [4.78, 5) is 2.24. The molecular formula is C15H26N2. The van der Waals surface area contributed by atoms with E-state index in [1.165, 1.54) is 24.9 Å². The summed E-state index contributed by atoms with van der Waals surface area (Å²) >= 11 is 0. The molecule has 0 aliphatic carbocycles. The van der Waals surface area contributed by atoms with E-state index >= 15 is 0 Å². The van der Waals surface area contributed by atoms with Crippen LogP contribution in [0.5, 0.6) is 0 Å². The number of hydrogen-bond donors (Lipinski definition) is 1. The Morgan fingerprint density at radius 1 is 1.12 bits per heavy atom. The van der Waals surface area contributed by atoms with E-state index < -0.39 is 0 Å². The summed E-state index contributed by atoms with van der Waals surface area (Å²) in [6.45, 7) is 4.58. The van der Waals surface area contributed by atoms with Crippen LogP contribution >= 0.6 is 0 Å². The summed E-state index contributed by atoms with van der Waals surface area (Å²) in [5.74, 6) is 0. The maximum Gasteiger partial charge on any atom is 0.00791 e. The highest BCUT2D eigenvalue weighted by Gasteiger charge is 2.01. The summed E-state index contributed by atoms with van der Waals surface area (Å²) in [6, 6.07) is 11.3. The summed E-state index contributed by atoms with van der Waals surface area (Å²) in [5, 5.41) is 3.59. The Balaban J connectivity index is 2.07. The molecule has 0 heterocycles. The van der Waals surface area contributed by atoms with Crippen molar-refractivity contribution < 1.29 is 0 Å². The molecule has 0 fully saturated rings. The van der Waals surface area contributed by atoms with E-state index in [0.717, 1.165) is 13.0 Å². The van der Waals surface area contributed by atoms with Crippen molar-refractivity contribution in [3.8, 4) is 0 Å². The first-order chi connectivity index (χ1) is 8.18. The van der Waals surface area contributed by atoms with Gasteiger partial charge in [-0.25, -0.2) is 0 Å². The van der Waals surface area contributed by atoms with Crippen LogP contribution in [0.1, 0.15) is 25.3 Å². The zero-order valence-corrected chi connectivity index (χ0v) is 11.4. The Hall–Kier alpha value is -0.860. The minimum Gasteiger partial charge on any atom is -0.314 e. The van der Waals surface area contributed by atoms with Crippen LogP contribution in [-0.2, 0) is 6.42 Å². The van der Waals surface area contributed by atoms with Crippen molar-refractivity contribution in [1.82, 2.24) is 10.2 Å². The zero-order valence-electron chi connectivity index (χ0n) is 11.4. The van der Waals surface area contributed by atoms with Crippen molar-refractivity contribution in [1.29, 1.82) is 0 Å². The van der Waals surface area contributed by atoms with E-state index in [0.29, 0.717) is 6.04 Å². The molecule has 96 valence electrons. The van der Waals surface area contributed by atoms with E-state index in [-0.39, 0.29) is 0 Å². The number of unbranched alkanes of at least 4 members (excludes halogenated alkanes) is 1. The first kappa shape index (κ1) is 14.2. The van der Waals surface area contributed by atoms with Crippen LogP contribution in [0.3, 0.4) is 0 Å². The van der Waals surface area contributed by atoms with Gasteiger partial charge in [0.05, 0.1) is 0 Å². The lowest BCUT2D eigenvalue weighted by Crippen LogP contribution is -2.29. The molecule has 0 amide bonds. The Kier molecular flexibility index (Phi) is 6.90. The van der Waals surface area contributed by atoms with Gasteiger partial charge >= 0.3 is 0 Å². The number of nitrogens with zero attached hydrogens (tertiary/aromatic N) is 1. The standard InChI is InChI=1S/C15H26N2/c1-14(13-15-9-5-4-6-10-15)16-11-7-8-12-17(2)3/h4-6,9-10,14,16H,7-8,11-13H2,1-3H3. The van der Waals surface area contributed by atoms with Crippen molar-refractivity contribution in [2.45, 2.75) is 32.2 Å². The lowest BCUT2D eigenvalue weighted by molar-refractivity contribution is 0.388. The Bertz CT molecular complexity index is 282. The fourth-order valence-electron chi connectivity index (χ4n) is 1.94. The summed E-state index contributed by atoms with van der Waals surface area (Å²) in [7, 11) is 4.26. The Morgan fingerprint density at radius 3 is 2.47 bits per heavy atom. The number of nitrogens with one attached hydrogen (secondary N) is 1. The SMILES string of the molecule is CC(Cc1ccccc1)NCCCCN(C)C. The maximum atomic E-state index is 3.59. The topological polar surface area (TPSA) is 15.3 Å².